The molecule has 0 saturated carbocycles. The Morgan fingerprint density at radius 2 is 2.03 bits per heavy atom. The van der Waals surface area contributed by atoms with E-state index >= 15 is 0 Å². The number of benzene rings is 1. The zero-order valence-electron chi connectivity index (χ0n) is 20.5. The predicted molar refractivity (Wildman–Crippen MR) is 128 cm³/mol. The van der Waals surface area contributed by atoms with Crippen LogP contribution in [0.5, 0.6) is 0 Å². The third kappa shape index (κ3) is 6.70. The molecule has 0 bridgehead atoms. The van der Waals surface area contributed by atoms with Gasteiger partial charge in [-0.05, 0) is 44.8 Å². The molecule has 3 rings (SSSR count). The minimum absolute atomic E-state index is 0.149. The Labute approximate surface area is 204 Å². The number of nitrogens with zero attached hydrogens (tertiary/aromatic N) is 5. The molecular weight excluding hydrogens is 453 g/mol. The lowest BCUT2D eigenvalue weighted by atomic mass is 9.93. The molecule has 11 heteroatoms. The molecule has 1 saturated heterocycles. The number of anilines is 2. The summed E-state index contributed by atoms with van der Waals surface area (Å²) in [5.74, 6) is -1.42. The first-order valence-electron chi connectivity index (χ1n) is 11.4. The van der Waals surface area contributed by atoms with E-state index in [2.05, 4.69) is 16.5 Å². The van der Waals surface area contributed by atoms with Gasteiger partial charge in [0.15, 0.2) is 5.82 Å². The zero-order valence-corrected chi connectivity index (χ0v) is 20.5. The average molecular weight is 486 g/mol. The van der Waals surface area contributed by atoms with Crippen LogP contribution in [0, 0.1) is 28.5 Å². The van der Waals surface area contributed by atoms with Gasteiger partial charge in [0.1, 0.15) is 11.4 Å². The van der Waals surface area contributed by atoms with Crippen LogP contribution < -0.4 is 11.1 Å². The third-order valence-electron chi connectivity index (χ3n) is 5.78. The standard InChI is InChI=1S/C24H32FN7O3/c1-24(2,14-30(3)4)15-35-23(34)31-10-9-20(16(11-26)12-31)32-13-19(21(27)33)22(29-32)28-18-7-5-17(25)6-8-18/h5-8,13,16,20H,9-10,12,14-15H2,1-4H3,(H2,27,33)(H,28,29). The summed E-state index contributed by atoms with van der Waals surface area (Å²) >= 11 is 0. The largest absolute Gasteiger partial charge is 0.449 e. The molecular formula is C24H32FN7O3. The van der Waals surface area contributed by atoms with Crippen LogP contribution in [0.2, 0.25) is 0 Å². The fraction of sp³-hybridized carbons (Fsp3) is 0.500. The number of hydrogen-bond acceptors (Lipinski definition) is 7. The Kier molecular flexibility index (Phi) is 7.96. The second-order valence-electron chi connectivity index (χ2n) is 9.86. The van der Waals surface area contributed by atoms with Crippen LogP contribution in [0.4, 0.5) is 20.7 Å². The number of rotatable bonds is 8. The third-order valence-corrected chi connectivity index (χ3v) is 5.78. The molecule has 2 heterocycles. The molecule has 10 nitrogen and oxygen atoms in total. The maximum atomic E-state index is 13.2. The van der Waals surface area contributed by atoms with E-state index in [1.165, 1.54) is 35.4 Å². The van der Waals surface area contributed by atoms with Gasteiger partial charge < -0.3 is 25.6 Å². The van der Waals surface area contributed by atoms with Crippen molar-refractivity contribution in [3.8, 4) is 6.07 Å². The first-order chi connectivity index (χ1) is 16.5. The number of nitrogens with one attached hydrogen (secondary N) is 1. The maximum Gasteiger partial charge on any atom is 0.409 e. The van der Waals surface area contributed by atoms with E-state index < -0.39 is 17.9 Å². The molecule has 2 aromatic rings. The molecule has 0 spiro atoms. The number of nitriles is 1. The molecule has 1 fully saturated rings. The van der Waals surface area contributed by atoms with Gasteiger partial charge in [0.2, 0.25) is 0 Å². The van der Waals surface area contributed by atoms with E-state index in [4.69, 9.17) is 10.5 Å². The lowest BCUT2D eigenvalue weighted by Crippen LogP contribution is -2.45. The smallest absolute Gasteiger partial charge is 0.409 e. The molecule has 1 aromatic carbocycles. The van der Waals surface area contributed by atoms with Crippen molar-refractivity contribution < 1.29 is 18.7 Å². The highest BCUT2D eigenvalue weighted by Gasteiger charge is 2.35. The van der Waals surface area contributed by atoms with E-state index in [1.807, 2.05) is 32.8 Å². The van der Waals surface area contributed by atoms with Crippen LogP contribution in [0.25, 0.3) is 0 Å². The molecule has 2 amide bonds. The number of likely N-dealkylation sites (tertiary alicyclic amines) is 1. The summed E-state index contributed by atoms with van der Waals surface area (Å²) in [6, 6.07) is 7.49. The summed E-state index contributed by atoms with van der Waals surface area (Å²) in [6.45, 7) is 5.63. The zero-order chi connectivity index (χ0) is 25.8. The van der Waals surface area contributed by atoms with E-state index in [9.17, 15) is 19.2 Å². The van der Waals surface area contributed by atoms with Crippen LogP contribution in [0.3, 0.4) is 0 Å². The number of hydrogen-bond donors (Lipinski definition) is 2. The quantitative estimate of drug-likeness (QED) is 0.588. The van der Waals surface area contributed by atoms with Gasteiger partial charge in [-0.25, -0.2) is 9.18 Å². The molecule has 0 aliphatic carbocycles. The Morgan fingerprint density at radius 3 is 2.63 bits per heavy atom. The number of amides is 2. The number of aromatic nitrogens is 2. The second kappa shape index (κ2) is 10.7. The van der Waals surface area contributed by atoms with E-state index in [0.717, 1.165) is 6.54 Å². The fourth-order valence-corrected chi connectivity index (χ4v) is 4.30. The number of halogens is 1. The number of carbonyl (C=O) groups excluding carboxylic acids is 2. The van der Waals surface area contributed by atoms with Crippen LogP contribution in [0.1, 0.15) is 36.7 Å². The van der Waals surface area contributed by atoms with Crippen LogP contribution >= 0.6 is 0 Å². The SMILES string of the molecule is CN(C)CC(C)(C)COC(=O)N1CCC(n2cc(C(N)=O)c(Nc3ccc(F)cc3)n2)C(C#N)C1. The number of ether oxygens (including phenoxy) is 1. The molecule has 1 aromatic heterocycles. The number of carbonyl (C=O) groups is 2. The Balaban J connectivity index is 1.70. The average Bonchev–Trinajstić information content (AvgIpc) is 3.21. The highest BCUT2D eigenvalue weighted by atomic mass is 19.1. The van der Waals surface area contributed by atoms with Crippen molar-refractivity contribution in [3.05, 3.63) is 41.8 Å². The Morgan fingerprint density at radius 1 is 1.34 bits per heavy atom. The molecule has 2 atom stereocenters. The number of nitrogens with two attached hydrogens (primary N) is 1. The topological polar surface area (TPSA) is 130 Å². The Bertz CT molecular complexity index is 1090. The second-order valence-corrected chi connectivity index (χ2v) is 9.86. The van der Waals surface area contributed by atoms with Crippen molar-refractivity contribution in [2.45, 2.75) is 26.3 Å². The fourth-order valence-electron chi connectivity index (χ4n) is 4.30. The molecule has 1 aliphatic rings. The van der Waals surface area contributed by atoms with Gasteiger partial charge in [0.25, 0.3) is 5.91 Å². The first-order valence-corrected chi connectivity index (χ1v) is 11.4. The van der Waals surface area contributed by atoms with Gasteiger partial charge in [-0.2, -0.15) is 10.4 Å². The highest BCUT2D eigenvalue weighted by Crippen LogP contribution is 2.31. The Hall–Kier alpha value is -3.65. The van der Waals surface area contributed by atoms with E-state index in [-0.39, 0.29) is 41.8 Å². The van der Waals surface area contributed by atoms with Gasteiger partial charge in [-0.15, -0.1) is 0 Å². The van der Waals surface area contributed by atoms with Crippen molar-refractivity contribution in [1.82, 2.24) is 19.6 Å². The van der Waals surface area contributed by atoms with Gasteiger partial charge in [-0.3, -0.25) is 9.48 Å². The lowest BCUT2D eigenvalue weighted by molar-refractivity contribution is 0.0441. The number of piperidine rings is 1. The van der Waals surface area contributed by atoms with E-state index in [1.54, 1.807) is 4.68 Å². The van der Waals surface area contributed by atoms with Gasteiger partial charge in [0.05, 0.1) is 24.6 Å². The van der Waals surface area contributed by atoms with Gasteiger partial charge in [0, 0.05) is 36.9 Å². The molecule has 0 radical (unpaired) electrons. The summed E-state index contributed by atoms with van der Waals surface area (Å²) in [6.07, 6.45) is 1.50. The van der Waals surface area contributed by atoms with Crippen molar-refractivity contribution in [3.63, 3.8) is 0 Å². The minimum atomic E-state index is -0.685. The summed E-state index contributed by atoms with van der Waals surface area (Å²) in [5.41, 5.74) is 6.01. The van der Waals surface area contributed by atoms with Gasteiger partial charge in [-0.1, -0.05) is 13.8 Å². The van der Waals surface area contributed by atoms with Crippen LogP contribution in [-0.4, -0.2) is 71.9 Å². The highest BCUT2D eigenvalue weighted by molar-refractivity contribution is 5.98. The van der Waals surface area contributed by atoms with Gasteiger partial charge >= 0.3 is 6.09 Å². The minimum Gasteiger partial charge on any atom is -0.449 e. The lowest BCUT2D eigenvalue weighted by Gasteiger charge is -2.35. The summed E-state index contributed by atoms with van der Waals surface area (Å²) < 4.78 is 20.3. The van der Waals surface area contributed by atoms with Crippen molar-refractivity contribution in [2.24, 2.45) is 17.1 Å². The van der Waals surface area contributed by atoms with Crippen molar-refractivity contribution >= 4 is 23.5 Å². The van der Waals surface area contributed by atoms with Crippen molar-refractivity contribution in [1.29, 1.82) is 5.26 Å². The van der Waals surface area contributed by atoms with Crippen LogP contribution in [0.15, 0.2) is 30.5 Å². The molecule has 35 heavy (non-hydrogen) atoms. The van der Waals surface area contributed by atoms with Crippen LogP contribution in [-0.2, 0) is 4.74 Å². The molecule has 1 aliphatic heterocycles. The maximum absolute atomic E-state index is 13.2. The summed E-state index contributed by atoms with van der Waals surface area (Å²) in [7, 11) is 3.93. The first kappa shape index (κ1) is 26.0. The molecule has 3 N–H and O–H groups in total. The molecule has 188 valence electrons. The summed E-state index contributed by atoms with van der Waals surface area (Å²) in [5, 5.41) is 17.2. The normalized spacial score (nSPS) is 18.3. The van der Waals surface area contributed by atoms with Crippen molar-refractivity contribution in [2.75, 3.05) is 45.7 Å². The predicted octanol–water partition coefficient (Wildman–Crippen LogP) is 2.98. The molecule has 2 unspecified atom stereocenters. The monoisotopic (exact) mass is 485 g/mol. The summed E-state index contributed by atoms with van der Waals surface area (Å²) in [4.78, 5) is 28.2. The number of primary amides is 1. The van der Waals surface area contributed by atoms with E-state index in [0.29, 0.717) is 18.7 Å².